The number of hydrogen-bond donors (Lipinski definition) is 0. The first-order valence-electron chi connectivity index (χ1n) is 5.98. The Balaban J connectivity index is 2.23. The Morgan fingerprint density at radius 1 is 1.11 bits per heavy atom. The van der Waals surface area contributed by atoms with Crippen molar-refractivity contribution in [3.8, 4) is 11.4 Å². The van der Waals surface area contributed by atoms with Gasteiger partial charge in [-0.05, 0) is 42.9 Å². The molecule has 0 aliphatic carbocycles. The Bertz CT molecular complexity index is 737. The fraction of sp³-hybridized carbons (Fsp3) is 0.0714. The van der Waals surface area contributed by atoms with Gasteiger partial charge in [-0.3, -0.25) is 8.63 Å². The summed E-state index contributed by atoms with van der Waals surface area (Å²) in [5, 5.41) is 1.04. The number of benzene rings is 1. The van der Waals surface area contributed by atoms with Gasteiger partial charge in [0.2, 0.25) is 0 Å². The number of rotatable bonds is 2. The molecule has 0 saturated heterocycles. The number of halogens is 2. The average Bonchev–Trinajstić information content (AvgIpc) is 2.88. The maximum atomic E-state index is 12.9. The van der Waals surface area contributed by atoms with Gasteiger partial charge >= 0.3 is 7.40 Å². The zero-order valence-electron chi connectivity index (χ0n) is 10.3. The van der Waals surface area contributed by atoms with Crippen molar-refractivity contribution in [3.63, 3.8) is 0 Å². The lowest BCUT2D eigenvalue weighted by molar-refractivity contribution is 0.631. The van der Waals surface area contributed by atoms with Gasteiger partial charge in [-0.15, -0.1) is 0 Å². The van der Waals surface area contributed by atoms with E-state index >= 15 is 0 Å². The Kier molecular flexibility index (Phi) is 2.82. The summed E-state index contributed by atoms with van der Waals surface area (Å²) in [5.41, 5.74) is 2.85. The number of aromatic nitrogens is 2. The molecular weight excluding hydrogens is 245 g/mol. The number of para-hydroxylation sites is 1. The fourth-order valence-corrected chi connectivity index (χ4v) is 2.26. The number of hydrogen-bond acceptors (Lipinski definition) is 1. The largest absolute Gasteiger partial charge is 0.677 e. The van der Waals surface area contributed by atoms with Gasteiger partial charge in [0.1, 0.15) is 0 Å². The van der Waals surface area contributed by atoms with Crippen LogP contribution in [0.3, 0.4) is 0 Å². The molecule has 0 aliphatic rings. The summed E-state index contributed by atoms with van der Waals surface area (Å²) < 4.78 is 26.7. The van der Waals surface area contributed by atoms with E-state index in [1.807, 2.05) is 37.3 Å². The van der Waals surface area contributed by atoms with Gasteiger partial charge in [-0.1, -0.05) is 18.2 Å². The van der Waals surface area contributed by atoms with E-state index in [4.69, 9.17) is 0 Å². The van der Waals surface area contributed by atoms with E-state index in [9.17, 15) is 8.63 Å². The van der Waals surface area contributed by atoms with Crippen LogP contribution in [0.15, 0.2) is 48.7 Å². The quantitative estimate of drug-likeness (QED) is 0.638. The fourth-order valence-electron chi connectivity index (χ4n) is 2.26. The maximum absolute atomic E-state index is 12.9. The van der Waals surface area contributed by atoms with Crippen LogP contribution >= 0.6 is 0 Å². The summed E-state index contributed by atoms with van der Waals surface area (Å²) in [5.74, 6) is 0. The van der Waals surface area contributed by atoms with Gasteiger partial charge in [0.15, 0.2) is 0 Å². The van der Waals surface area contributed by atoms with Crippen molar-refractivity contribution in [2.24, 2.45) is 0 Å². The normalized spacial score (nSPS) is 10.9. The van der Waals surface area contributed by atoms with Crippen molar-refractivity contribution in [2.45, 2.75) is 6.92 Å². The smallest absolute Gasteiger partial charge is 0.330 e. The molecule has 0 bridgehead atoms. The summed E-state index contributed by atoms with van der Waals surface area (Å²) in [6, 6.07) is 12.8. The van der Waals surface area contributed by atoms with Gasteiger partial charge in [0.05, 0.1) is 16.9 Å². The minimum Gasteiger partial charge on any atom is -0.330 e. The van der Waals surface area contributed by atoms with Gasteiger partial charge < -0.3 is 4.48 Å². The predicted octanol–water partition coefficient (Wildman–Crippen LogP) is 3.78. The molecule has 2 aromatic heterocycles. The van der Waals surface area contributed by atoms with Crippen LogP contribution in [0.4, 0.5) is 8.63 Å². The second kappa shape index (κ2) is 4.50. The first-order valence-corrected chi connectivity index (χ1v) is 5.98. The Hall–Kier alpha value is -2.17. The highest BCUT2D eigenvalue weighted by atomic mass is 19.2. The molecule has 3 aromatic rings. The van der Waals surface area contributed by atoms with Crippen molar-refractivity contribution in [2.75, 3.05) is 0 Å². The molecule has 2 nitrogen and oxygen atoms in total. The molecule has 3 rings (SSSR count). The van der Waals surface area contributed by atoms with Gasteiger partial charge in [0, 0.05) is 5.39 Å². The van der Waals surface area contributed by atoms with Crippen LogP contribution in [0.2, 0.25) is 0 Å². The van der Waals surface area contributed by atoms with Crippen molar-refractivity contribution < 1.29 is 8.63 Å². The Morgan fingerprint density at radius 3 is 2.68 bits per heavy atom. The molecule has 1 aromatic carbocycles. The van der Waals surface area contributed by atoms with Crippen LogP contribution in [0.5, 0.6) is 0 Å². The standard InChI is InChI=1S/C14H11BF2N2/c1-10-9-13(14-7-4-8-19(14)15(16)17)18-12-6-3-2-5-11(10)12/h2-9H,1H3. The molecule has 0 unspecified atom stereocenters. The van der Waals surface area contributed by atoms with Crippen LogP contribution in [0, 0.1) is 6.92 Å². The molecule has 0 N–H and O–H groups in total. The summed E-state index contributed by atoms with van der Waals surface area (Å²) in [6.07, 6.45) is 1.37. The molecule has 0 aliphatic heterocycles. The summed E-state index contributed by atoms with van der Waals surface area (Å²) >= 11 is 0. The molecule has 94 valence electrons. The Labute approximate surface area is 109 Å². The van der Waals surface area contributed by atoms with Crippen LogP contribution in [-0.4, -0.2) is 16.9 Å². The molecule has 2 heterocycles. The van der Waals surface area contributed by atoms with Crippen molar-refractivity contribution in [3.05, 3.63) is 54.2 Å². The zero-order chi connectivity index (χ0) is 13.4. The van der Waals surface area contributed by atoms with E-state index in [-0.39, 0.29) is 0 Å². The second-order valence-corrected chi connectivity index (χ2v) is 4.42. The van der Waals surface area contributed by atoms with Gasteiger partial charge in [-0.2, -0.15) is 0 Å². The number of fused-ring (bicyclic) bond motifs is 1. The molecule has 0 amide bonds. The monoisotopic (exact) mass is 256 g/mol. The highest BCUT2D eigenvalue weighted by Gasteiger charge is 2.20. The molecule has 5 heteroatoms. The second-order valence-electron chi connectivity index (χ2n) is 4.42. The van der Waals surface area contributed by atoms with Crippen LogP contribution in [0.1, 0.15) is 5.56 Å². The minimum absolute atomic E-state index is 0.434. The maximum Gasteiger partial charge on any atom is 0.677 e. The van der Waals surface area contributed by atoms with Gasteiger partial charge in [0.25, 0.3) is 0 Å². The molecule has 0 fully saturated rings. The molecule has 0 atom stereocenters. The molecule has 0 spiro atoms. The van der Waals surface area contributed by atoms with Crippen molar-refractivity contribution in [1.29, 1.82) is 0 Å². The number of nitrogens with zero attached hydrogens (tertiary/aromatic N) is 2. The molecule has 0 radical (unpaired) electrons. The molecular formula is C14H11BF2N2. The van der Waals surface area contributed by atoms with E-state index < -0.39 is 7.40 Å². The SMILES string of the molecule is Cc1cc(-c2cccn2B(F)F)nc2ccccc12. The van der Waals surface area contributed by atoms with E-state index in [1.54, 1.807) is 12.1 Å². The third kappa shape index (κ3) is 2.01. The van der Waals surface area contributed by atoms with E-state index in [0.29, 0.717) is 11.4 Å². The highest BCUT2D eigenvalue weighted by molar-refractivity contribution is 6.41. The van der Waals surface area contributed by atoms with Crippen LogP contribution in [0.25, 0.3) is 22.3 Å². The average molecular weight is 256 g/mol. The van der Waals surface area contributed by atoms with E-state index in [0.717, 1.165) is 20.9 Å². The topological polar surface area (TPSA) is 17.8 Å². The molecule has 0 saturated carbocycles. The van der Waals surface area contributed by atoms with Crippen LogP contribution in [-0.2, 0) is 0 Å². The predicted molar refractivity (Wildman–Crippen MR) is 73.3 cm³/mol. The lowest BCUT2D eigenvalue weighted by Crippen LogP contribution is -2.13. The Morgan fingerprint density at radius 2 is 1.89 bits per heavy atom. The zero-order valence-corrected chi connectivity index (χ0v) is 10.3. The van der Waals surface area contributed by atoms with E-state index in [1.165, 1.54) is 6.20 Å². The third-order valence-electron chi connectivity index (χ3n) is 3.17. The lowest BCUT2D eigenvalue weighted by atomic mass is 10.1. The van der Waals surface area contributed by atoms with E-state index in [2.05, 4.69) is 4.98 Å². The van der Waals surface area contributed by atoms with Crippen molar-refractivity contribution >= 4 is 18.3 Å². The first kappa shape index (κ1) is 11.9. The van der Waals surface area contributed by atoms with Crippen LogP contribution < -0.4 is 0 Å². The summed E-state index contributed by atoms with van der Waals surface area (Å²) in [4.78, 5) is 4.47. The first-order chi connectivity index (χ1) is 9.16. The lowest BCUT2D eigenvalue weighted by Gasteiger charge is -2.08. The molecule has 19 heavy (non-hydrogen) atoms. The summed E-state index contributed by atoms with van der Waals surface area (Å²) in [6.45, 7) is 1.96. The number of pyridine rings is 1. The highest BCUT2D eigenvalue weighted by Crippen LogP contribution is 2.25. The number of aryl methyl sites for hydroxylation is 1. The minimum atomic E-state index is -2.56. The van der Waals surface area contributed by atoms with Crippen molar-refractivity contribution in [1.82, 2.24) is 9.46 Å². The third-order valence-corrected chi connectivity index (χ3v) is 3.17. The van der Waals surface area contributed by atoms with Gasteiger partial charge in [-0.25, -0.2) is 4.98 Å². The summed E-state index contributed by atoms with van der Waals surface area (Å²) in [7, 11) is -2.56.